The van der Waals surface area contributed by atoms with Crippen LogP contribution in [0, 0.1) is 5.92 Å². The maximum Gasteiger partial charge on any atom is 0.322 e. The van der Waals surface area contributed by atoms with E-state index in [4.69, 9.17) is 5.11 Å². The lowest BCUT2D eigenvalue weighted by Crippen LogP contribution is -2.48. The molecule has 2 aliphatic heterocycles. The van der Waals surface area contributed by atoms with Crippen LogP contribution in [-0.4, -0.2) is 44.3 Å². The SMILES string of the molecule is O=C(O)CC1CC2CCC(C1)N2C(=O)Nc1cn[nH]c1. The lowest BCUT2D eigenvalue weighted by molar-refractivity contribution is -0.138. The largest absolute Gasteiger partial charge is 0.481 e. The Morgan fingerprint density at radius 3 is 2.65 bits per heavy atom. The molecule has 108 valence electrons. The van der Waals surface area contributed by atoms with E-state index in [-0.39, 0.29) is 30.5 Å². The third kappa shape index (κ3) is 2.48. The van der Waals surface area contributed by atoms with Crippen LogP contribution >= 0.6 is 0 Å². The van der Waals surface area contributed by atoms with Gasteiger partial charge in [0.2, 0.25) is 0 Å². The zero-order valence-electron chi connectivity index (χ0n) is 11.1. The van der Waals surface area contributed by atoms with Crippen LogP contribution in [0.25, 0.3) is 0 Å². The fraction of sp³-hybridized carbons (Fsp3) is 0.615. The van der Waals surface area contributed by atoms with Crippen molar-refractivity contribution in [2.75, 3.05) is 5.32 Å². The summed E-state index contributed by atoms with van der Waals surface area (Å²) in [6, 6.07) is 0.239. The molecule has 1 aromatic rings. The average molecular weight is 278 g/mol. The maximum atomic E-state index is 12.3. The highest BCUT2D eigenvalue weighted by Gasteiger charge is 2.43. The number of nitrogens with zero attached hydrogens (tertiary/aromatic N) is 2. The Labute approximate surface area is 116 Å². The second-order valence-corrected chi connectivity index (χ2v) is 5.64. The van der Waals surface area contributed by atoms with Crippen LogP contribution < -0.4 is 5.32 Å². The molecule has 0 spiro atoms. The molecule has 0 saturated carbocycles. The van der Waals surface area contributed by atoms with Crippen molar-refractivity contribution < 1.29 is 14.7 Å². The van der Waals surface area contributed by atoms with Gasteiger partial charge in [-0.1, -0.05) is 0 Å². The quantitative estimate of drug-likeness (QED) is 0.783. The number of aromatic nitrogens is 2. The zero-order valence-corrected chi connectivity index (χ0v) is 11.1. The molecule has 0 aliphatic carbocycles. The average Bonchev–Trinajstić information content (AvgIpc) is 2.95. The number of rotatable bonds is 3. The fourth-order valence-electron chi connectivity index (χ4n) is 3.54. The van der Waals surface area contributed by atoms with Gasteiger partial charge in [-0.15, -0.1) is 0 Å². The lowest BCUT2D eigenvalue weighted by Gasteiger charge is -2.38. The number of carbonyl (C=O) groups is 2. The number of carboxylic acids is 1. The molecule has 2 saturated heterocycles. The summed E-state index contributed by atoms with van der Waals surface area (Å²) in [5.74, 6) is -0.548. The number of piperidine rings is 1. The molecule has 20 heavy (non-hydrogen) atoms. The van der Waals surface area contributed by atoms with E-state index in [1.165, 1.54) is 0 Å². The number of anilines is 1. The first kappa shape index (κ1) is 13.0. The molecular formula is C13H18N4O3. The smallest absolute Gasteiger partial charge is 0.322 e. The van der Waals surface area contributed by atoms with E-state index in [9.17, 15) is 9.59 Å². The molecule has 3 rings (SSSR count). The predicted octanol–water partition coefficient (Wildman–Crippen LogP) is 1.66. The van der Waals surface area contributed by atoms with E-state index >= 15 is 0 Å². The van der Waals surface area contributed by atoms with Crippen molar-refractivity contribution in [1.82, 2.24) is 15.1 Å². The normalized spacial score (nSPS) is 28.4. The van der Waals surface area contributed by atoms with Crippen molar-refractivity contribution >= 4 is 17.7 Å². The van der Waals surface area contributed by atoms with Gasteiger partial charge in [0.15, 0.2) is 0 Å². The second kappa shape index (κ2) is 5.15. The first-order valence-electron chi connectivity index (χ1n) is 6.93. The Kier molecular flexibility index (Phi) is 3.33. The topological polar surface area (TPSA) is 98.3 Å². The van der Waals surface area contributed by atoms with Gasteiger partial charge in [-0.25, -0.2) is 4.79 Å². The van der Waals surface area contributed by atoms with Crippen LogP contribution in [0.4, 0.5) is 10.5 Å². The summed E-state index contributed by atoms with van der Waals surface area (Å²) in [4.78, 5) is 25.0. The van der Waals surface area contributed by atoms with E-state index < -0.39 is 5.97 Å². The number of nitrogens with one attached hydrogen (secondary N) is 2. The summed E-state index contributed by atoms with van der Waals surface area (Å²) in [6.45, 7) is 0. The summed E-state index contributed by atoms with van der Waals surface area (Å²) >= 11 is 0. The van der Waals surface area contributed by atoms with Gasteiger partial charge >= 0.3 is 12.0 Å². The summed E-state index contributed by atoms with van der Waals surface area (Å²) in [6.07, 6.45) is 6.94. The standard InChI is InChI=1S/C13H18N4O3/c18-12(19)5-8-3-10-1-2-11(4-8)17(10)13(20)16-9-6-14-15-7-9/h6-8,10-11H,1-5H2,(H,14,15)(H,16,20)(H,18,19). The fourth-order valence-corrected chi connectivity index (χ4v) is 3.54. The second-order valence-electron chi connectivity index (χ2n) is 5.64. The molecule has 3 N–H and O–H groups in total. The number of aromatic amines is 1. The molecule has 2 fully saturated rings. The first-order chi connectivity index (χ1) is 9.63. The van der Waals surface area contributed by atoms with Crippen molar-refractivity contribution in [2.45, 2.75) is 44.2 Å². The maximum absolute atomic E-state index is 12.3. The summed E-state index contributed by atoms with van der Waals surface area (Å²) in [7, 11) is 0. The van der Waals surface area contributed by atoms with Gasteiger partial charge in [0.1, 0.15) is 0 Å². The molecule has 7 heteroatoms. The first-order valence-corrected chi connectivity index (χ1v) is 6.93. The van der Waals surface area contributed by atoms with Crippen LogP contribution in [0.5, 0.6) is 0 Å². The minimum Gasteiger partial charge on any atom is -0.481 e. The van der Waals surface area contributed by atoms with Gasteiger partial charge in [0, 0.05) is 24.7 Å². The lowest BCUT2D eigenvalue weighted by atomic mass is 9.88. The molecule has 1 aromatic heterocycles. The summed E-state index contributed by atoms with van der Waals surface area (Å²) < 4.78 is 0. The van der Waals surface area contributed by atoms with Crippen LogP contribution in [0.15, 0.2) is 12.4 Å². The van der Waals surface area contributed by atoms with Crippen molar-refractivity contribution in [3.8, 4) is 0 Å². The molecule has 7 nitrogen and oxygen atoms in total. The Balaban J connectivity index is 1.64. The number of H-pyrrole nitrogens is 1. The number of aliphatic carboxylic acids is 1. The summed E-state index contributed by atoms with van der Waals surface area (Å²) in [5.41, 5.74) is 0.655. The highest BCUT2D eigenvalue weighted by molar-refractivity contribution is 5.89. The molecule has 2 amide bonds. The number of urea groups is 1. The minimum atomic E-state index is -0.745. The summed E-state index contributed by atoms with van der Waals surface area (Å²) in [5, 5.41) is 18.2. The van der Waals surface area contributed by atoms with Crippen LogP contribution in [0.1, 0.15) is 32.1 Å². The molecule has 0 radical (unpaired) electrons. The molecule has 3 heterocycles. The van der Waals surface area contributed by atoms with Gasteiger partial charge in [-0.3, -0.25) is 9.89 Å². The number of hydrogen-bond donors (Lipinski definition) is 3. The molecular weight excluding hydrogens is 260 g/mol. The van der Waals surface area contributed by atoms with Crippen molar-refractivity contribution in [3.05, 3.63) is 12.4 Å². The van der Waals surface area contributed by atoms with Crippen LogP contribution in [-0.2, 0) is 4.79 Å². The Morgan fingerprint density at radius 1 is 1.40 bits per heavy atom. The number of hydrogen-bond acceptors (Lipinski definition) is 3. The van der Waals surface area contributed by atoms with Gasteiger partial charge < -0.3 is 15.3 Å². The molecule has 2 aliphatic rings. The highest BCUT2D eigenvalue weighted by Crippen LogP contribution is 2.40. The minimum absolute atomic E-state index is 0.104. The number of carboxylic acid groups (broad SMARTS) is 1. The van der Waals surface area contributed by atoms with E-state index in [1.807, 2.05) is 4.90 Å². The third-order valence-electron chi connectivity index (χ3n) is 4.28. The van der Waals surface area contributed by atoms with Gasteiger partial charge in [0.05, 0.1) is 11.9 Å². The van der Waals surface area contributed by atoms with Crippen LogP contribution in [0.3, 0.4) is 0 Å². The van der Waals surface area contributed by atoms with Crippen molar-refractivity contribution in [3.63, 3.8) is 0 Å². The predicted molar refractivity (Wildman–Crippen MR) is 71.2 cm³/mol. The molecule has 2 bridgehead atoms. The third-order valence-corrected chi connectivity index (χ3v) is 4.28. The van der Waals surface area contributed by atoms with Gasteiger partial charge in [0.25, 0.3) is 0 Å². The van der Waals surface area contributed by atoms with Gasteiger partial charge in [-0.05, 0) is 31.6 Å². The van der Waals surface area contributed by atoms with E-state index in [1.54, 1.807) is 12.4 Å². The number of carbonyl (C=O) groups excluding carboxylic acids is 1. The Bertz CT molecular complexity index is 488. The Hall–Kier alpha value is -2.05. The van der Waals surface area contributed by atoms with Gasteiger partial charge in [-0.2, -0.15) is 5.10 Å². The van der Waals surface area contributed by atoms with Crippen molar-refractivity contribution in [2.24, 2.45) is 5.92 Å². The molecule has 2 atom stereocenters. The van der Waals surface area contributed by atoms with E-state index in [2.05, 4.69) is 15.5 Å². The number of fused-ring (bicyclic) bond motifs is 2. The Morgan fingerprint density at radius 2 is 2.10 bits per heavy atom. The highest BCUT2D eigenvalue weighted by atomic mass is 16.4. The number of amides is 2. The molecule has 2 unspecified atom stereocenters. The monoisotopic (exact) mass is 278 g/mol. The van der Waals surface area contributed by atoms with Crippen LogP contribution in [0.2, 0.25) is 0 Å². The van der Waals surface area contributed by atoms with Crippen molar-refractivity contribution in [1.29, 1.82) is 0 Å². The molecule has 0 aromatic carbocycles. The van der Waals surface area contributed by atoms with E-state index in [0.29, 0.717) is 5.69 Å². The zero-order chi connectivity index (χ0) is 14.1. The van der Waals surface area contributed by atoms with E-state index in [0.717, 1.165) is 25.7 Å².